The molecule has 0 aliphatic carbocycles. The van der Waals surface area contributed by atoms with Gasteiger partial charge in [-0.1, -0.05) is 21.1 Å². The van der Waals surface area contributed by atoms with Crippen LogP contribution in [0.4, 0.5) is 11.5 Å². The summed E-state index contributed by atoms with van der Waals surface area (Å²) in [5.74, 6) is 0.725. The third-order valence-corrected chi connectivity index (χ3v) is 5.83. The molecule has 0 saturated carbocycles. The van der Waals surface area contributed by atoms with Gasteiger partial charge < -0.3 is 14.4 Å². The molecule has 0 fully saturated rings. The van der Waals surface area contributed by atoms with E-state index in [1.807, 2.05) is 23.7 Å². The van der Waals surface area contributed by atoms with Crippen LogP contribution < -0.4 is 4.90 Å². The highest BCUT2D eigenvalue weighted by Gasteiger charge is 2.29. The van der Waals surface area contributed by atoms with Crippen LogP contribution in [0.15, 0.2) is 22.7 Å². The maximum atomic E-state index is 11.8. The lowest BCUT2D eigenvalue weighted by Crippen LogP contribution is -2.19. The van der Waals surface area contributed by atoms with E-state index < -0.39 is 0 Å². The number of anilines is 2. The zero-order valence-electron chi connectivity index (χ0n) is 17.3. The van der Waals surface area contributed by atoms with Crippen LogP contribution in [0, 0.1) is 6.92 Å². The Morgan fingerprint density at radius 3 is 2.83 bits per heavy atom. The minimum Gasteiger partial charge on any atom is -0.385 e. The SMILES string of the molecule is COCC[C@H](COC)n1nnc2c(N3CCc4cc(Br)cc(C=O)c43)nc(C)cc21. The molecular formula is C21H24BrN5O3. The van der Waals surface area contributed by atoms with E-state index in [1.54, 1.807) is 14.2 Å². The number of aldehydes is 1. The number of carbonyl (C=O) groups excluding carboxylic acids is 1. The van der Waals surface area contributed by atoms with Gasteiger partial charge in [-0.15, -0.1) is 5.10 Å². The first-order valence-corrected chi connectivity index (χ1v) is 10.6. The first-order chi connectivity index (χ1) is 14.6. The lowest BCUT2D eigenvalue weighted by molar-refractivity contribution is 0.112. The van der Waals surface area contributed by atoms with E-state index in [0.717, 1.165) is 58.4 Å². The largest absolute Gasteiger partial charge is 0.385 e. The van der Waals surface area contributed by atoms with E-state index in [-0.39, 0.29) is 6.04 Å². The van der Waals surface area contributed by atoms with E-state index in [4.69, 9.17) is 14.5 Å². The second-order valence-electron chi connectivity index (χ2n) is 7.40. The quantitative estimate of drug-likeness (QED) is 0.461. The van der Waals surface area contributed by atoms with Gasteiger partial charge in [-0.25, -0.2) is 9.67 Å². The highest BCUT2D eigenvalue weighted by Crippen LogP contribution is 2.40. The van der Waals surface area contributed by atoms with Crippen LogP contribution >= 0.6 is 15.9 Å². The Morgan fingerprint density at radius 1 is 1.27 bits per heavy atom. The molecule has 0 N–H and O–H groups in total. The van der Waals surface area contributed by atoms with E-state index >= 15 is 0 Å². The summed E-state index contributed by atoms with van der Waals surface area (Å²) in [5.41, 5.74) is 5.13. The third-order valence-electron chi connectivity index (χ3n) is 5.37. The van der Waals surface area contributed by atoms with E-state index in [0.29, 0.717) is 24.3 Å². The fourth-order valence-electron chi connectivity index (χ4n) is 4.07. The number of halogens is 1. The van der Waals surface area contributed by atoms with Crippen molar-refractivity contribution in [2.45, 2.75) is 25.8 Å². The highest BCUT2D eigenvalue weighted by molar-refractivity contribution is 9.10. The lowest BCUT2D eigenvalue weighted by atomic mass is 10.1. The summed E-state index contributed by atoms with van der Waals surface area (Å²) in [6.45, 7) is 3.80. The number of nitrogens with zero attached hydrogens (tertiary/aromatic N) is 5. The molecule has 1 aliphatic heterocycles. The molecule has 0 amide bonds. The normalized spacial score (nSPS) is 14.3. The average Bonchev–Trinajstić information content (AvgIpc) is 3.34. The molecule has 4 rings (SSSR count). The lowest BCUT2D eigenvalue weighted by Gasteiger charge is -2.21. The predicted octanol–water partition coefficient (Wildman–Crippen LogP) is 3.63. The molecule has 0 spiro atoms. The maximum absolute atomic E-state index is 11.8. The number of carbonyl (C=O) groups is 1. The minimum atomic E-state index is 0.00181. The van der Waals surface area contributed by atoms with Crippen LogP contribution in [0.5, 0.6) is 0 Å². The summed E-state index contributed by atoms with van der Waals surface area (Å²) in [5, 5.41) is 8.92. The Balaban J connectivity index is 1.83. The Bertz CT molecular complexity index is 1080. The Labute approximate surface area is 183 Å². The van der Waals surface area contributed by atoms with Gasteiger partial charge in [0.25, 0.3) is 0 Å². The fraction of sp³-hybridized carbons (Fsp3) is 0.429. The molecule has 0 bridgehead atoms. The molecule has 2 aromatic heterocycles. The number of methoxy groups -OCH3 is 2. The number of rotatable bonds is 8. The van der Waals surface area contributed by atoms with Crippen LogP contribution in [-0.2, 0) is 15.9 Å². The number of aromatic nitrogens is 4. The maximum Gasteiger partial charge on any atom is 0.163 e. The van der Waals surface area contributed by atoms with Crippen molar-refractivity contribution >= 4 is 44.8 Å². The number of benzene rings is 1. The zero-order chi connectivity index (χ0) is 21.3. The predicted molar refractivity (Wildman–Crippen MR) is 118 cm³/mol. The number of ether oxygens (including phenoxy) is 2. The average molecular weight is 474 g/mol. The van der Waals surface area contributed by atoms with Crippen molar-refractivity contribution < 1.29 is 14.3 Å². The Hall–Kier alpha value is -2.36. The van der Waals surface area contributed by atoms with Crippen molar-refractivity contribution in [2.75, 3.05) is 38.9 Å². The van der Waals surface area contributed by atoms with Crippen LogP contribution in [0.25, 0.3) is 11.0 Å². The van der Waals surface area contributed by atoms with Crippen molar-refractivity contribution in [2.24, 2.45) is 0 Å². The van der Waals surface area contributed by atoms with Crippen molar-refractivity contribution in [1.82, 2.24) is 20.0 Å². The monoisotopic (exact) mass is 473 g/mol. The van der Waals surface area contributed by atoms with Gasteiger partial charge in [0.1, 0.15) is 0 Å². The summed E-state index contributed by atoms with van der Waals surface area (Å²) in [6.07, 6.45) is 2.49. The zero-order valence-corrected chi connectivity index (χ0v) is 18.8. The van der Waals surface area contributed by atoms with Crippen LogP contribution in [-0.4, -0.2) is 60.2 Å². The smallest absolute Gasteiger partial charge is 0.163 e. The highest BCUT2D eigenvalue weighted by atomic mass is 79.9. The van der Waals surface area contributed by atoms with E-state index in [9.17, 15) is 4.79 Å². The number of pyridine rings is 1. The molecule has 158 valence electrons. The van der Waals surface area contributed by atoms with E-state index in [1.165, 1.54) is 0 Å². The van der Waals surface area contributed by atoms with Gasteiger partial charge in [-0.2, -0.15) is 0 Å². The van der Waals surface area contributed by atoms with Crippen molar-refractivity contribution in [3.8, 4) is 0 Å². The molecule has 3 aromatic rings. The molecule has 0 radical (unpaired) electrons. The Morgan fingerprint density at radius 2 is 2.10 bits per heavy atom. The molecule has 1 atom stereocenters. The molecule has 3 heterocycles. The summed E-state index contributed by atoms with van der Waals surface area (Å²) in [4.78, 5) is 18.6. The fourth-order valence-corrected chi connectivity index (χ4v) is 4.59. The van der Waals surface area contributed by atoms with Gasteiger partial charge in [0, 0.05) is 43.1 Å². The topological polar surface area (TPSA) is 82.4 Å². The minimum absolute atomic E-state index is 0.00181. The molecule has 0 saturated heterocycles. The standard InChI is InChI=1S/C21H24BrN5O3/c1-13-8-18-19(24-25-27(18)17(12-30-3)5-7-29-2)21(23-13)26-6-4-14-9-16(22)10-15(11-28)20(14)26/h8-11,17H,4-7,12H2,1-3H3/t17-/m1/s1. The van der Waals surface area contributed by atoms with Crippen molar-refractivity contribution in [3.63, 3.8) is 0 Å². The molecular weight excluding hydrogens is 450 g/mol. The van der Waals surface area contributed by atoms with Crippen LogP contribution in [0.1, 0.15) is 34.1 Å². The van der Waals surface area contributed by atoms with Gasteiger partial charge in [0.15, 0.2) is 17.6 Å². The van der Waals surface area contributed by atoms with Crippen molar-refractivity contribution in [3.05, 3.63) is 39.5 Å². The summed E-state index contributed by atoms with van der Waals surface area (Å²) in [6, 6.07) is 5.90. The van der Waals surface area contributed by atoms with Gasteiger partial charge in [-0.05, 0) is 43.5 Å². The molecule has 1 aromatic carbocycles. The molecule has 9 heteroatoms. The van der Waals surface area contributed by atoms with Gasteiger partial charge in [0.2, 0.25) is 0 Å². The van der Waals surface area contributed by atoms with Gasteiger partial charge in [-0.3, -0.25) is 4.79 Å². The number of hydrogen-bond acceptors (Lipinski definition) is 7. The number of aryl methyl sites for hydroxylation is 1. The van der Waals surface area contributed by atoms with Crippen LogP contribution in [0.2, 0.25) is 0 Å². The first kappa shape index (κ1) is 20.9. The second kappa shape index (κ2) is 8.79. The summed E-state index contributed by atoms with van der Waals surface area (Å²) < 4.78 is 13.5. The molecule has 0 unspecified atom stereocenters. The molecule has 1 aliphatic rings. The summed E-state index contributed by atoms with van der Waals surface area (Å²) >= 11 is 3.50. The van der Waals surface area contributed by atoms with Crippen molar-refractivity contribution in [1.29, 1.82) is 0 Å². The third kappa shape index (κ3) is 3.73. The summed E-state index contributed by atoms with van der Waals surface area (Å²) in [7, 11) is 3.36. The molecule has 8 nitrogen and oxygen atoms in total. The van der Waals surface area contributed by atoms with Crippen LogP contribution in [0.3, 0.4) is 0 Å². The first-order valence-electron chi connectivity index (χ1n) is 9.83. The Kier molecular flexibility index (Phi) is 6.12. The van der Waals surface area contributed by atoms with E-state index in [2.05, 4.69) is 37.2 Å². The molecule has 30 heavy (non-hydrogen) atoms. The van der Waals surface area contributed by atoms with Gasteiger partial charge >= 0.3 is 0 Å². The second-order valence-corrected chi connectivity index (χ2v) is 8.32. The number of hydrogen-bond donors (Lipinski definition) is 0. The van der Waals surface area contributed by atoms with Gasteiger partial charge in [0.05, 0.1) is 23.9 Å². The number of fused-ring (bicyclic) bond motifs is 2.